The highest BCUT2D eigenvalue weighted by Gasteiger charge is 2.02. The quantitative estimate of drug-likeness (QED) is 0.598. The molecule has 100 valence electrons. The number of carbonyl (C=O) groups excluding carboxylic acids is 2. The van der Waals surface area contributed by atoms with Crippen molar-refractivity contribution in [3.05, 3.63) is 59.7 Å². The Balaban J connectivity index is 2.18. The number of carbonyl (C=O) groups is 2. The van der Waals surface area contributed by atoms with Gasteiger partial charge in [0.25, 0.3) is 10.5 Å². The molecule has 0 fully saturated rings. The van der Waals surface area contributed by atoms with Crippen LogP contribution in [0.4, 0.5) is 11.4 Å². The molecule has 20 heavy (non-hydrogen) atoms. The Labute approximate surface area is 125 Å². The van der Waals surface area contributed by atoms with Crippen LogP contribution >= 0.6 is 23.2 Å². The van der Waals surface area contributed by atoms with Gasteiger partial charge in [-0.15, -0.1) is 0 Å². The Morgan fingerprint density at radius 3 is 1.95 bits per heavy atom. The number of benzene rings is 2. The molecule has 0 amide bonds. The first-order valence-electron chi connectivity index (χ1n) is 5.58. The average molecular weight is 307 g/mol. The van der Waals surface area contributed by atoms with E-state index >= 15 is 0 Å². The number of hydrogen-bond acceptors (Lipinski definition) is 4. The van der Waals surface area contributed by atoms with E-state index in [0.717, 1.165) is 0 Å². The van der Waals surface area contributed by atoms with Crippen LogP contribution in [0.1, 0.15) is 20.7 Å². The smallest absolute Gasteiger partial charge is 0.252 e. The summed E-state index contributed by atoms with van der Waals surface area (Å²) in [6.07, 6.45) is 0. The van der Waals surface area contributed by atoms with Crippen molar-refractivity contribution in [2.75, 3.05) is 0 Å². The standard InChI is InChI=1S/C14H8Cl2N2O2/c15-13(19)9-4-6-11(7-5-9)17-18-12-3-1-2-10(8-12)14(16)20/h1-8H. The SMILES string of the molecule is O=C(Cl)c1ccc(N=Nc2cccc(C(=O)Cl)c2)cc1. The summed E-state index contributed by atoms with van der Waals surface area (Å²) in [7, 11) is 0. The van der Waals surface area contributed by atoms with Gasteiger partial charge in [0.2, 0.25) is 0 Å². The second-order valence-electron chi connectivity index (χ2n) is 3.84. The van der Waals surface area contributed by atoms with Gasteiger partial charge in [0.15, 0.2) is 0 Å². The summed E-state index contributed by atoms with van der Waals surface area (Å²) in [6.45, 7) is 0. The molecule has 2 aromatic carbocycles. The molecule has 0 N–H and O–H groups in total. The number of halogens is 2. The van der Waals surface area contributed by atoms with Gasteiger partial charge in [0.05, 0.1) is 11.4 Å². The van der Waals surface area contributed by atoms with Gasteiger partial charge in [0.1, 0.15) is 0 Å². The van der Waals surface area contributed by atoms with E-state index in [1.54, 1.807) is 42.5 Å². The van der Waals surface area contributed by atoms with Crippen molar-refractivity contribution in [1.82, 2.24) is 0 Å². The Morgan fingerprint density at radius 1 is 0.750 bits per heavy atom. The minimum atomic E-state index is -0.549. The molecule has 0 saturated heterocycles. The molecule has 0 spiro atoms. The van der Waals surface area contributed by atoms with Gasteiger partial charge in [-0.2, -0.15) is 10.2 Å². The van der Waals surface area contributed by atoms with Crippen molar-refractivity contribution >= 4 is 45.1 Å². The third kappa shape index (κ3) is 3.73. The highest BCUT2D eigenvalue weighted by Crippen LogP contribution is 2.20. The molecule has 0 bridgehead atoms. The van der Waals surface area contributed by atoms with E-state index in [4.69, 9.17) is 23.2 Å². The lowest BCUT2D eigenvalue weighted by atomic mass is 10.2. The molecule has 0 aliphatic heterocycles. The molecular formula is C14H8Cl2N2O2. The van der Waals surface area contributed by atoms with Crippen molar-refractivity contribution in [2.24, 2.45) is 10.2 Å². The molecule has 0 aliphatic rings. The Kier molecular flexibility index (Phi) is 4.61. The van der Waals surface area contributed by atoms with Crippen LogP contribution in [0.2, 0.25) is 0 Å². The Morgan fingerprint density at radius 2 is 1.35 bits per heavy atom. The van der Waals surface area contributed by atoms with Crippen molar-refractivity contribution in [1.29, 1.82) is 0 Å². The van der Waals surface area contributed by atoms with Gasteiger partial charge in [0, 0.05) is 11.1 Å². The number of hydrogen-bond donors (Lipinski definition) is 0. The monoisotopic (exact) mass is 306 g/mol. The zero-order chi connectivity index (χ0) is 14.5. The number of azo groups is 1. The molecule has 2 rings (SSSR count). The predicted octanol–water partition coefficient (Wildman–Crippen LogP) is 4.86. The van der Waals surface area contributed by atoms with Crippen LogP contribution in [0.5, 0.6) is 0 Å². The molecule has 0 radical (unpaired) electrons. The second-order valence-corrected chi connectivity index (χ2v) is 4.53. The van der Waals surface area contributed by atoms with E-state index in [-0.39, 0.29) is 0 Å². The molecule has 0 atom stereocenters. The first-order chi connectivity index (χ1) is 9.56. The van der Waals surface area contributed by atoms with Crippen LogP contribution in [-0.2, 0) is 0 Å². The zero-order valence-corrected chi connectivity index (χ0v) is 11.6. The summed E-state index contributed by atoms with van der Waals surface area (Å²) in [4.78, 5) is 21.9. The molecule has 6 heteroatoms. The molecule has 0 heterocycles. The summed E-state index contributed by atoms with van der Waals surface area (Å²) >= 11 is 10.7. The second kappa shape index (κ2) is 6.41. The fraction of sp³-hybridized carbons (Fsp3) is 0. The average Bonchev–Trinajstić information content (AvgIpc) is 2.46. The largest absolute Gasteiger partial charge is 0.276 e. The van der Waals surface area contributed by atoms with Crippen molar-refractivity contribution in [3.8, 4) is 0 Å². The van der Waals surface area contributed by atoms with Crippen molar-refractivity contribution in [2.45, 2.75) is 0 Å². The van der Waals surface area contributed by atoms with E-state index in [1.807, 2.05) is 0 Å². The fourth-order valence-corrected chi connectivity index (χ4v) is 1.71. The summed E-state index contributed by atoms with van der Waals surface area (Å²) < 4.78 is 0. The predicted molar refractivity (Wildman–Crippen MR) is 77.4 cm³/mol. The van der Waals surface area contributed by atoms with Gasteiger partial charge in [-0.25, -0.2) is 0 Å². The Hall–Kier alpha value is -2.04. The maximum atomic E-state index is 11.0. The van der Waals surface area contributed by atoms with Crippen LogP contribution in [-0.4, -0.2) is 10.5 Å². The summed E-state index contributed by atoms with van der Waals surface area (Å²) in [6, 6.07) is 12.9. The lowest BCUT2D eigenvalue weighted by Crippen LogP contribution is -1.86. The van der Waals surface area contributed by atoms with E-state index < -0.39 is 10.5 Å². The van der Waals surface area contributed by atoms with Gasteiger partial charge in [-0.1, -0.05) is 6.07 Å². The Bertz CT molecular complexity index is 682. The topological polar surface area (TPSA) is 58.9 Å². The van der Waals surface area contributed by atoms with Crippen molar-refractivity contribution < 1.29 is 9.59 Å². The number of rotatable bonds is 4. The van der Waals surface area contributed by atoms with E-state index in [9.17, 15) is 9.59 Å². The minimum absolute atomic E-state index is 0.353. The first kappa shape index (κ1) is 14.4. The third-order valence-corrected chi connectivity index (χ3v) is 2.88. The minimum Gasteiger partial charge on any atom is -0.276 e. The van der Waals surface area contributed by atoms with E-state index in [2.05, 4.69) is 10.2 Å². The maximum absolute atomic E-state index is 11.0. The van der Waals surface area contributed by atoms with Crippen LogP contribution in [0, 0.1) is 0 Å². The molecule has 2 aromatic rings. The summed E-state index contributed by atoms with van der Waals surface area (Å²) in [5.74, 6) is 0. The zero-order valence-electron chi connectivity index (χ0n) is 10.1. The van der Waals surface area contributed by atoms with E-state index in [0.29, 0.717) is 22.5 Å². The van der Waals surface area contributed by atoms with Crippen LogP contribution in [0.25, 0.3) is 0 Å². The van der Waals surface area contributed by atoms with Crippen LogP contribution in [0.15, 0.2) is 58.8 Å². The first-order valence-corrected chi connectivity index (χ1v) is 6.33. The molecular weight excluding hydrogens is 299 g/mol. The maximum Gasteiger partial charge on any atom is 0.252 e. The summed E-state index contributed by atoms with van der Waals surface area (Å²) in [5.41, 5.74) is 1.81. The van der Waals surface area contributed by atoms with Gasteiger partial charge >= 0.3 is 0 Å². The highest BCUT2D eigenvalue weighted by atomic mass is 35.5. The molecule has 0 unspecified atom stereocenters. The third-order valence-electron chi connectivity index (χ3n) is 2.45. The molecule has 0 saturated carbocycles. The van der Waals surface area contributed by atoms with Gasteiger partial charge < -0.3 is 0 Å². The molecule has 0 aliphatic carbocycles. The molecule has 0 aromatic heterocycles. The number of nitrogens with zero attached hydrogens (tertiary/aromatic N) is 2. The van der Waals surface area contributed by atoms with E-state index in [1.165, 1.54) is 6.07 Å². The highest BCUT2D eigenvalue weighted by molar-refractivity contribution is 6.68. The lowest BCUT2D eigenvalue weighted by molar-refractivity contribution is 0.107. The normalized spacial score (nSPS) is 10.7. The fourth-order valence-electron chi connectivity index (χ4n) is 1.46. The molecule has 4 nitrogen and oxygen atoms in total. The summed E-state index contributed by atoms with van der Waals surface area (Å²) in [5, 5.41) is 6.91. The van der Waals surface area contributed by atoms with Crippen LogP contribution < -0.4 is 0 Å². The van der Waals surface area contributed by atoms with Gasteiger partial charge in [-0.05, 0) is 65.7 Å². The lowest BCUT2D eigenvalue weighted by Gasteiger charge is -1.97. The van der Waals surface area contributed by atoms with Gasteiger partial charge in [-0.3, -0.25) is 9.59 Å². The van der Waals surface area contributed by atoms with Crippen molar-refractivity contribution in [3.63, 3.8) is 0 Å². The van der Waals surface area contributed by atoms with Crippen LogP contribution in [0.3, 0.4) is 0 Å².